The van der Waals surface area contributed by atoms with E-state index in [0.29, 0.717) is 37.6 Å². The summed E-state index contributed by atoms with van der Waals surface area (Å²) < 4.78 is 32.0. The van der Waals surface area contributed by atoms with Crippen molar-refractivity contribution >= 4 is 15.9 Å². The Balaban J connectivity index is 1.78. The van der Waals surface area contributed by atoms with Crippen molar-refractivity contribution in [1.29, 1.82) is 0 Å². The third-order valence-corrected chi connectivity index (χ3v) is 7.21. The van der Waals surface area contributed by atoms with E-state index in [4.69, 9.17) is 4.74 Å². The van der Waals surface area contributed by atoms with Crippen molar-refractivity contribution in [2.75, 3.05) is 26.8 Å². The number of rotatable bonds is 4. The fraction of sp³-hybridized carbons (Fsp3) is 0.611. The van der Waals surface area contributed by atoms with E-state index in [1.54, 1.807) is 19.2 Å². The summed E-state index contributed by atoms with van der Waals surface area (Å²) in [7, 11) is -1.88. The summed E-state index contributed by atoms with van der Waals surface area (Å²) in [6, 6.07) is 5.17. The minimum absolute atomic E-state index is 0.0270. The van der Waals surface area contributed by atoms with Crippen molar-refractivity contribution in [2.45, 2.75) is 44.2 Å². The standard InChI is InChI=1S/C18H26N2O4S/c1-13(2)19(3)25(22,23)17-5-4-15-11-20(8-6-14(15)10-17)18(21)16-7-9-24-12-16/h4-5,10,13,16H,6-9,11-12H2,1-3H3/t16-/m0/s1. The van der Waals surface area contributed by atoms with E-state index in [2.05, 4.69) is 0 Å². The summed E-state index contributed by atoms with van der Waals surface area (Å²) in [6.07, 6.45) is 1.48. The van der Waals surface area contributed by atoms with Gasteiger partial charge in [0.1, 0.15) is 0 Å². The van der Waals surface area contributed by atoms with Crippen LogP contribution in [0.5, 0.6) is 0 Å². The fourth-order valence-electron chi connectivity index (χ4n) is 3.31. The predicted molar refractivity (Wildman–Crippen MR) is 94.6 cm³/mol. The number of hydrogen-bond acceptors (Lipinski definition) is 4. The molecule has 2 aliphatic rings. The molecule has 0 N–H and O–H groups in total. The fourth-order valence-corrected chi connectivity index (χ4v) is 4.73. The van der Waals surface area contributed by atoms with Crippen molar-refractivity contribution in [3.05, 3.63) is 29.3 Å². The summed E-state index contributed by atoms with van der Waals surface area (Å²) in [6.45, 7) is 6.06. The molecule has 6 nitrogen and oxygen atoms in total. The van der Waals surface area contributed by atoms with Gasteiger partial charge in [0.2, 0.25) is 15.9 Å². The van der Waals surface area contributed by atoms with Crippen molar-refractivity contribution in [2.24, 2.45) is 5.92 Å². The van der Waals surface area contributed by atoms with Crippen molar-refractivity contribution in [1.82, 2.24) is 9.21 Å². The Kier molecular flexibility index (Phi) is 5.18. The van der Waals surface area contributed by atoms with Crippen molar-refractivity contribution < 1.29 is 17.9 Å². The highest BCUT2D eigenvalue weighted by molar-refractivity contribution is 7.89. The molecule has 25 heavy (non-hydrogen) atoms. The highest BCUT2D eigenvalue weighted by atomic mass is 32.2. The first-order valence-electron chi connectivity index (χ1n) is 8.77. The molecule has 1 atom stereocenters. The number of hydrogen-bond donors (Lipinski definition) is 0. The minimum atomic E-state index is -3.48. The van der Waals surface area contributed by atoms with E-state index in [0.717, 1.165) is 17.5 Å². The second-order valence-electron chi connectivity index (χ2n) is 7.12. The van der Waals surface area contributed by atoms with Crippen LogP contribution in [0.3, 0.4) is 0 Å². The van der Waals surface area contributed by atoms with Crippen LogP contribution in [0, 0.1) is 5.92 Å². The number of nitrogens with zero attached hydrogens (tertiary/aromatic N) is 2. The van der Waals surface area contributed by atoms with Gasteiger partial charge in [0.15, 0.2) is 0 Å². The second kappa shape index (κ2) is 7.05. The van der Waals surface area contributed by atoms with E-state index in [9.17, 15) is 13.2 Å². The van der Waals surface area contributed by atoms with Gasteiger partial charge in [-0.15, -0.1) is 0 Å². The zero-order valence-corrected chi connectivity index (χ0v) is 15.9. The quantitative estimate of drug-likeness (QED) is 0.812. The predicted octanol–water partition coefficient (Wildman–Crippen LogP) is 1.64. The molecule has 7 heteroatoms. The SMILES string of the molecule is CC(C)N(C)S(=O)(=O)c1ccc2c(c1)CCN(C(=O)[C@H]1CCOC1)C2. The monoisotopic (exact) mass is 366 g/mol. The summed E-state index contributed by atoms with van der Waals surface area (Å²) in [5.41, 5.74) is 2.05. The minimum Gasteiger partial charge on any atom is -0.381 e. The molecular weight excluding hydrogens is 340 g/mol. The summed E-state index contributed by atoms with van der Waals surface area (Å²) in [5, 5.41) is 0. The highest BCUT2D eigenvalue weighted by Crippen LogP contribution is 2.26. The lowest BCUT2D eigenvalue weighted by molar-refractivity contribution is -0.136. The van der Waals surface area contributed by atoms with Crippen LogP contribution in [0.4, 0.5) is 0 Å². The molecule has 3 rings (SSSR count). The first-order valence-corrected chi connectivity index (χ1v) is 10.2. The van der Waals surface area contributed by atoms with Crippen LogP contribution in [-0.2, 0) is 32.5 Å². The molecule has 0 unspecified atom stereocenters. The lowest BCUT2D eigenvalue weighted by atomic mass is 9.98. The van der Waals surface area contributed by atoms with Crippen LogP contribution in [0.1, 0.15) is 31.4 Å². The smallest absolute Gasteiger partial charge is 0.243 e. The Hall–Kier alpha value is -1.44. The Bertz CT molecular complexity index is 754. The van der Waals surface area contributed by atoms with Gasteiger partial charge in [0.25, 0.3) is 0 Å². The van der Waals surface area contributed by atoms with Crippen LogP contribution in [0.2, 0.25) is 0 Å². The van der Waals surface area contributed by atoms with Gasteiger partial charge in [0.05, 0.1) is 17.4 Å². The Morgan fingerprint density at radius 1 is 1.32 bits per heavy atom. The molecule has 1 amide bonds. The third-order valence-electron chi connectivity index (χ3n) is 5.18. The van der Waals surface area contributed by atoms with Crippen molar-refractivity contribution in [3.63, 3.8) is 0 Å². The Labute approximate surface area is 149 Å². The van der Waals surface area contributed by atoms with Gasteiger partial charge in [-0.25, -0.2) is 8.42 Å². The van der Waals surface area contributed by atoms with Gasteiger partial charge in [-0.05, 0) is 49.9 Å². The normalized spacial score (nSPS) is 21.0. The van der Waals surface area contributed by atoms with Crippen molar-refractivity contribution in [3.8, 4) is 0 Å². The van der Waals surface area contributed by atoms with Gasteiger partial charge in [-0.1, -0.05) is 6.07 Å². The van der Waals surface area contributed by atoms with E-state index in [1.807, 2.05) is 24.8 Å². The molecule has 0 spiro atoms. The Morgan fingerprint density at radius 3 is 2.72 bits per heavy atom. The molecule has 1 aromatic carbocycles. The molecule has 1 saturated heterocycles. The average molecular weight is 366 g/mol. The summed E-state index contributed by atoms with van der Waals surface area (Å²) in [5.74, 6) is 0.125. The maximum Gasteiger partial charge on any atom is 0.243 e. The average Bonchev–Trinajstić information content (AvgIpc) is 3.13. The molecule has 2 heterocycles. The number of sulfonamides is 1. The molecule has 0 aliphatic carbocycles. The lowest BCUT2D eigenvalue weighted by Crippen LogP contribution is -2.40. The molecule has 0 bridgehead atoms. The number of fused-ring (bicyclic) bond motifs is 1. The maximum absolute atomic E-state index is 12.7. The molecule has 0 saturated carbocycles. The first-order chi connectivity index (χ1) is 11.8. The highest BCUT2D eigenvalue weighted by Gasteiger charge is 2.31. The van der Waals surface area contributed by atoms with Gasteiger partial charge in [0, 0.05) is 32.8 Å². The Morgan fingerprint density at radius 2 is 2.08 bits per heavy atom. The van der Waals surface area contributed by atoms with E-state index in [1.165, 1.54) is 4.31 Å². The maximum atomic E-state index is 12.7. The van der Waals surface area contributed by atoms with Gasteiger partial charge < -0.3 is 9.64 Å². The van der Waals surface area contributed by atoms with E-state index < -0.39 is 10.0 Å². The van der Waals surface area contributed by atoms with Gasteiger partial charge in [-0.2, -0.15) is 4.31 Å². The van der Waals surface area contributed by atoms with Crippen LogP contribution >= 0.6 is 0 Å². The second-order valence-corrected chi connectivity index (χ2v) is 9.11. The van der Waals surface area contributed by atoms with Crippen LogP contribution in [0.25, 0.3) is 0 Å². The molecule has 138 valence electrons. The third kappa shape index (κ3) is 3.59. The molecule has 1 fully saturated rings. The zero-order chi connectivity index (χ0) is 18.2. The molecule has 0 radical (unpaired) electrons. The summed E-state index contributed by atoms with van der Waals surface area (Å²) in [4.78, 5) is 14.7. The molecule has 0 aromatic heterocycles. The summed E-state index contributed by atoms with van der Waals surface area (Å²) >= 11 is 0. The van der Waals surface area contributed by atoms with Crippen LogP contribution in [-0.4, -0.2) is 56.4 Å². The van der Waals surface area contributed by atoms with E-state index in [-0.39, 0.29) is 17.9 Å². The van der Waals surface area contributed by atoms with Gasteiger partial charge in [-0.3, -0.25) is 4.79 Å². The van der Waals surface area contributed by atoms with Crippen LogP contribution in [0.15, 0.2) is 23.1 Å². The number of amides is 1. The molecule has 1 aromatic rings. The van der Waals surface area contributed by atoms with Crippen LogP contribution < -0.4 is 0 Å². The number of carbonyl (C=O) groups excluding carboxylic acids is 1. The largest absolute Gasteiger partial charge is 0.381 e. The number of benzene rings is 1. The molecular formula is C18H26N2O4S. The van der Waals surface area contributed by atoms with Gasteiger partial charge >= 0.3 is 0 Å². The van der Waals surface area contributed by atoms with E-state index >= 15 is 0 Å². The topological polar surface area (TPSA) is 66.9 Å². The number of carbonyl (C=O) groups is 1. The molecule has 2 aliphatic heterocycles. The number of ether oxygens (including phenoxy) is 1. The zero-order valence-electron chi connectivity index (χ0n) is 15.1. The lowest BCUT2D eigenvalue weighted by Gasteiger charge is -2.31. The first kappa shape index (κ1) is 18.4.